The molecular formula is C10H9ClN2S. The zero-order chi connectivity index (χ0) is 9.80. The van der Waals surface area contributed by atoms with Crippen LogP contribution in [-0.4, -0.2) is 9.78 Å². The van der Waals surface area contributed by atoms with Crippen LogP contribution in [0.1, 0.15) is 5.56 Å². The smallest absolute Gasteiger partial charge is 0.0659 e. The number of halogens is 1. The van der Waals surface area contributed by atoms with Gasteiger partial charge in [-0.3, -0.25) is 4.68 Å². The van der Waals surface area contributed by atoms with E-state index in [1.807, 2.05) is 29.1 Å². The highest BCUT2D eigenvalue weighted by atomic mass is 35.7. The van der Waals surface area contributed by atoms with E-state index in [0.717, 1.165) is 11.4 Å². The molecule has 0 spiro atoms. The van der Waals surface area contributed by atoms with Gasteiger partial charge < -0.3 is 0 Å². The van der Waals surface area contributed by atoms with Gasteiger partial charge in [0.1, 0.15) is 0 Å². The van der Waals surface area contributed by atoms with Gasteiger partial charge in [-0.1, -0.05) is 30.3 Å². The lowest BCUT2D eigenvalue weighted by Crippen LogP contribution is -1.98. The van der Waals surface area contributed by atoms with Crippen LogP contribution in [0.25, 0.3) is 0 Å². The molecule has 0 atom stereocenters. The van der Waals surface area contributed by atoms with Gasteiger partial charge in [-0.2, -0.15) is 5.10 Å². The van der Waals surface area contributed by atoms with Gasteiger partial charge in [0.05, 0.1) is 17.6 Å². The molecule has 0 radical (unpaired) electrons. The third-order valence-electron chi connectivity index (χ3n) is 1.89. The van der Waals surface area contributed by atoms with Crippen LogP contribution >= 0.6 is 21.7 Å². The van der Waals surface area contributed by atoms with Crippen molar-refractivity contribution in [2.24, 2.45) is 0 Å². The summed E-state index contributed by atoms with van der Waals surface area (Å²) in [5, 5.41) is 4.19. The van der Waals surface area contributed by atoms with Gasteiger partial charge in [-0.25, -0.2) is 0 Å². The SMILES string of the molecule is ClSc1cnn(Cc2ccccc2)c1. The predicted octanol–water partition coefficient (Wildman–Crippen LogP) is 3.18. The van der Waals surface area contributed by atoms with Crippen molar-refractivity contribution >= 4 is 21.7 Å². The van der Waals surface area contributed by atoms with Crippen molar-refractivity contribution in [3.63, 3.8) is 0 Å². The summed E-state index contributed by atoms with van der Waals surface area (Å²) in [6.45, 7) is 0.790. The minimum Gasteiger partial charge on any atom is -0.267 e. The maximum absolute atomic E-state index is 5.61. The maximum atomic E-state index is 5.61. The minimum absolute atomic E-state index is 0.790. The van der Waals surface area contributed by atoms with Crippen molar-refractivity contribution < 1.29 is 0 Å². The van der Waals surface area contributed by atoms with Crippen LogP contribution in [0.4, 0.5) is 0 Å². The molecule has 4 heteroatoms. The zero-order valence-electron chi connectivity index (χ0n) is 7.43. The third kappa shape index (κ3) is 2.30. The molecule has 0 N–H and O–H groups in total. The van der Waals surface area contributed by atoms with Crippen LogP contribution < -0.4 is 0 Å². The van der Waals surface area contributed by atoms with Crippen molar-refractivity contribution in [1.82, 2.24) is 9.78 Å². The van der Waals surface area contributed by atoms with E-state index in [1.165, 1.54) is 16.5 Å². The van der Waals surface area contributed by atoms with Crippen LogP contribution in [0.2, 0.25) is 0 Å². The molecule has 0 unspecified atom stereocenters. The molecule has 0 aliphatic heterocycles. The Kier molecular flexibility index (Phi) is 3.11. The molecular weight excluding hydrogens is 216 g/mol. The summed E-state index contributed by atoms with van der Waals surface area (Å²) in [5.74, 6) is 0. The molecule has 0 aliphatic rings. The van der Waals surface area contributed by atoms with Gasteiger partial charge in [-0.15, -0.1) is 0 Å². The molecule has 72 valence electrons. The first-order chi connectivity index (χ1) is 6.88. The van der Waals surface area contributed by atoms with Crippen molar-refractivity contribution in [2.75, 3.05) is 0 Å². The maximum Gasteiger partial charge on any atom is 0.0659 e. The van der Waals surface area contributed by atoms with Crippen LogP contribution in [0.15, 0.2) is 47.6 Å². The van der Waals surface area contributed by atoms with Gasteiger partial charge >= 0.3 is 0 Å². The molecule has 14 heavy (non-hydrogen) atoms. The molecule has 0 fully saturated rings. The topological polar surface area (TPSA) is 17.8 Å². The van der Waals surface area contributed by atoms with Gasteiger partial charge in [0.15, 0.2) is 0 Å². The van der Waals surface area contributed by atoms with Gasteiger partial charge in [0.25, 0.3) is 0 Å². The van der Waals surface area contributed by atoms with Crippen molar-refractivity contribution in [3.8, 4) is 0 Å². The Morgan fingerprint density at radius 2 is 2.07 bits per heavy atom. The second-order valence-electron chi connectivity index (χ2n) is 2.94. The quantitative estimate of drug-likeness (QED) is 0.797. The average Bonchev–Trinajstić information content (AvgIpc) is 2.67. The lowest BCUT2D eigenvalue weighted by Gasteiger charge is -2.00. The van der Waals surface area contributed by atoms with Crippen molar-refractivity contribution in [2.45, 2.75) is 11.4 Å². The highest BCUT2D eigenvalue weighted by Crippen LogP contribution is 2.20. The van der Waals surface area contributed by atoms with E-state index in [1.54, 1.807) is 6.20 Å². The summed E-state index contributed by atoms with van der Waals surface area (Å²) < 4.78 is 1.88. The number of hydrogen-bond donors (Lipinski definition) is 0. The Hall–Kier alpha value is -0.930. The normalized spacial score (nSPS) is 10.4. The fourth-order valence-electron chi connectivity index (χ4n) is 1.24. The first kappa shape index (κ1) is 9.62. The number of hydrogen-bond acceptors (Lipinski definition) is 2. The fraction of sp³-hybridized carbons (Fsp3) is 0.100. The predicted molar refractivity (Wildman–Crippen MR) is 59.5 cm³/mol. The Morgan fingerprint density at radius 1 is 1.29 bits per heavy atom. The Bertz CT molecular complexity index is 400. The summed E-state index contributed by atoms with van der Waals surface area (Å²) in [4.78, 5) is 0.975. The molecule has 0 aliphatic carbocycles. The first-order valence-corrected chi connectivity index (χ1v) is 5.88. The molecule has 0 bridgehead atoms. The lowest BCUT2D eigenvalue weighted by atomic mass is 10.2. The van der Waals surface area contributed by atoms with E-state index in [0.29, 0.717) is 0 Å². The monoisotopic (exact) mass is 224 g/mol. The molecule has 1 aromatic carbocycles. The molecule has 0 saturated heterocycles. The van der Waals surface area contributed by atoms with Crippen LogP contribution in [-0.2, 0) is 6.54 Å². The van der Waals surface area contributed by atoms with E-state index >= 15 is 0 Å². The standard InChI is InChI=1S/C10H9ClN2S/c11-14-10-6-12-13(8-10)7-9-4-2-1-3-5-9/h1-6,8H,7H2. The lowest BCUT2D eigenvalue weighted by molar-refractivity contribution is 0.686. The summed E-state index contributed by atoms with van der Waals surface area (Å²) >= 11 is 0. The van der Waals surface area contributed by atoms with Crippen LogP contribution in [0.5, 0.6) is 0 Å². The minimum atomic E-state index is 0.790. The molecule has 1 heterocycles. The highest BCUT2D eigenvalue weighted by Gasteiger charge is 1.98. The molecule has 0 saturated carbocycles. The zero-order valence-corrected chi connectivity index (χ0v) is 9.00. The second kappa shape index (κ2) is 4.53. The number of nitrogens with zero attached hydrogens (tertiary/aromatic N) is 2. The van der Waals surface area contributed by atoms with E-state index in [-0.39, 0.29) is 0 Å². The average molecular weight is 225 g/mol. The molecule has 2 rings (SSSR count). The Morgan fingerprint density at radius 3 is 2.71 bits per heavy atom. The Balaban J connectivity index is 2.11. The summed E-state index contributed by atoms with van der Waals surface area (Å²) in [7, 11) is 6.80. The summed E-state index contributed by atoms with van der Waals surface area (Å²) in [5.41, 5.74) is 1.24. The van der Waals surface area contributed by atoms with E-state index < -0.39 is 0 Å². The van der Waals surface area contributed by atoms with E-state index in [4.69, 9.17) is 10.7 Å². The molecule has 0 amide bonds. The summed E-state index contributed by atoms with van der Waals surface area (Å²) in [6.07, 6.45) is 3.70. The first-order valence-electron chi connectivity index (χ1n) is 4.23. The largest absolute Gasteiger partial charge is 0.267 e. The second-order valence-corrected chi connectivity index (χ2v) is 4.02. The fourth-order valence-corrected chi connectivity index (χ4v) is 1.73. The van der Waals surface area contributed by atoms with Crippen LogP contribution in [0.3, 0.4) is 0 Å². The molecule has 2 aromatic rings. The highest BCUT2D eigenvalue weighted by molar-refractivity contribution is 8.21. The number of benzene rings is 1. The van der Waals surface area contributed by atoms with Gasteiger partial charge in [0, 0.05) is 6.20 Å². The van der Waals surface area contributed by atoms with Gasteiger partial charge in [-0.05, 0) is 27.2 Å². The number of aromatic nitrogens is 2. The molecule has 1 aromatic heterocycles. The van der Waals surface area contributed by atoms with Gasteiger partial charge in [0.2, 0.25) is 0 Å². The van der Waals surface area contributed by atoms with E-state index in [2.05, 4.69) is 17.2 Å². The third-order valence-corrected chi connectivity index (χ3v) is 2.81. The van der Waals surface area contributed by atoms with E-state index in [9.17, 15) is 0 Å². The van der Waals surface area contributed by atoms with Crippen molar-refractivity contribution in [1.29, 1.82) is 0 Å². The molecule has 2 nitrogen and oxygen atoms in total. The van der Waals surface area contributed by atoms with Crippen molar-refractivity contribution in [3.05, 3.63) is 48.3 Å². The Labute approximate surface area is 91.4 Å². The number of rotatable bonds is 3. The summed E-state index contributed by atoms with van der Waals surface area (Å²) in [6, 6.07) is 10.2. The van der Waals surface area contributed by atoms with Crippen LogP contribution in [0, 0.1) is 0 Å².